The van der Waals surface area contributed by atoms with Crippen LogP contribution in [0.3, 0.4) is 0 Å². The van der Waals surface area contributed by atoms with E-state index in [2.05, 4.69) is 9.97 Å². The third-order valence-corrected chi connectivity index (χ3v) is 4.60. The maximum absolute atomic E-state index is 12.9. The van der Waals surface area contributed by atoms with Gasteiger partial charge in [-0.3, -0.25) is 4.98 Å². The Bertz CT molecular complexity index is 1230. The second-order valence-corrected chi connectivity index (χ2v) is 6.85. The maximum Gasteiger partial charge on any atom is 0.343 e. The first-order chi connectivity index (χ1) is 16.1. The van der Waals surface area contributed by atoms with Crippen molar-refractivity contribution in [2.75, 3.05) is 19.8 Å². The highest BCUT2D eigenvalue weighted by molar-refractivity contribution is 5.93. The van der Waals surface area contributed by atoms with Gasteiger partial charge < -0.3 is 23.4 Å². The minimum absolute atomic E-state index is 0.275. The highest BCUT2D eigenvalue weighted by atomic mass is 16.5. The Balaban J connectivity index is 1.61. The van der Waals surface area contributed by atoms with E-state index in [0.29, 0.717) is 65.5 Å². The number of esters is 1. The molecule has 0 aliphatic carbocycles. The summed E-state index contributed by atoms with van der Waals surface area (Å²) in [4.78, 5) is 21.6. The first-order valence-electron chi connectivity index (χ1n) is 10.7. The number of fused-ring (bicyclic) bond motifs is 1. The van der Waals surface area contributed by atoms with E-state index in [1.54, 1.807) is 36.5 Å². The Morgan fingerprint density at radius 2 is 1.64 bits per heavy atom. The number of aromatic nitrogens is 2. The van der Waals surface area contributed by atoms with E-state index < -0.39 is 5.97 Å². The molecule has 0 aliphatic rings. The van der Waals surface area contributed by atoms with E-state index in [0.717, 1.165) is 0 Å². The van der Waals surface area contributed by atoms with Crippen molar-refractivity contribution >= 4 is 17.1 Å². The van der Waals surface area contributed by atoms with Crippen LogP contribution < -0.4 is 18.9 Å². The van der Waals surface area contributed by atoms with Crippen LogP contribution in [0, 0.1) is 0 Å². The fraction of sp³-hybridized carbons (Fsp3) is 0.240. The molecule has 0 amide bonds. The van der Waals surface area contributed by atoms with E-state index in [-0.39, 0.29) is 5.56 Å². The SMILES string of the molecule is CCOc1cc(C(=O)Oc2ccc3nc(-c4ccccn4)oc3c2)cc(OCC)c1OCC. The highest BCUT2D eigenvalue weighted by Crippen LogP contribution is 2.39. The minimum atomic E-state index is -0.566. The molecule has 2 heterocycles. The van der Waals surface area contributed by atoms with Crippen LogP contribution in [0.15, 0.2) is 59.1 Å². The normalized spacial score (nSPS) is 10.8. The number of pyridine rings is 1. The van der Waals surface area contributed by atoms with Crippen molar-refractivity contribution in [3.8, 4) is 34.6 Å². The van der Waals surface area contributed by atoms with Crippen molar-refractivity contribution in [2.45, 2.75) is 20.8 Å². The Morgan fingerprint density at radius 3 is 2.27 bits per heavy atom. The molecule has 0 atom stereocenters. The number of rotatable bonds is 9. The molecule has 4 rings (SSSR count). The molecule has 4 aromatic rings. The highest BCUT2D eigenvalue weighted by Gasteiger charge is 2.20. The summed E-state index contributed by atoms with van der Waals surface area (Å²) in [5, 5.41) is 0. The van der Waals surface area contributed by atoms with Gasteiger partial charge in [-0.1, -0.05) is 6.07 Å². The number of hydrogen-bond donors (Lipinski definition) is 0. The number of ether oxygens (including phenoxy) is 4. The third-order valence-electron chi connectivity index (χ3n) is 4.60. The average Bonchev–Trinajstić information content (AvgIpc) is 3.25. The lowest BCUT2D eigenvalue weighted by Gasteiger charge is -2.16. The molecule has 8 heteroatoms. The maximum atomic E-state index is 12.9. The van der Waals surface area contributed by atoms with E-state index in [1.807, 2.05) is 39.0 Å². The number of carbonyl (C=O) groups is 1. The van der Waals surface area contributed by atoms with Crippen LogP contribution in [0.25, 0.3) is 22.7 Å². The van der Waals surface area contributed by atoms with Crippen LogP contribution in [0.1, 0.15) is 31.1 Å². The summed E-state index contributed by atoms with van der Waals surface area (Å²) < 4.78 is 28.4. The van der Waals surface area contributed by atoms with E-state index in [4.69, 9.17) is 23.4 Å². The molecular weight excluding hydrogens is 424 g/mol. The van der Waals surface area contributed by atoms with Gasteiger partial charge in [0.15, 0.2) is 17.1 Å². The topological polar surface area (TPSA) is 92.9 Å². The number of nitrogens with zero attached hydrogens (tertiary/aromatic N) is 2. The van der Waals surface area contributed by atoms with Gasteiger partial charge >= 0.3 is 5.97 Å². The lowest BCUT2D eigenvalue weighted by atomic mass is 10.1. The summed E-state index contributed by atoms with van der Waals surface area (Å²) in [6.45, 7) is 6.82. The van der Waals surface area contributed by atoms with Crippen LogP contribution in [0.5, 0.6) is 23.0 Å². The van der Waals surface area contributed by atoms with Gasteiger partial charge in [-0.2, -0.15) is 0 Å². The smallest absolute Gasteiger partial charge is 0.343 e. The summed E-state index contributed by atoms with van der Waals surface area (Å²) in [5.41, 5.74) is 2.01. The lowest BCUT2D eigenvalue weighted by Crippen LogP contribution is -2.11. The van der Waals surface area contributed by atoms with Crippen LogP contribution in [0.2, 0.25) is 0 Å². The number of carbonyl (C=O) groups excluding carboxylic acids is 1. The number of oxazole rings is 1. The van der Waals surface area contributed by atoms with Gasteiger partial charge in [0.2, 0.25) is 11.6 Å². The van der Waals surface area contributed by atoms with E-state index >= 15 is 0 Å². The molecule has 0 aliphatic heterocycles. The predicted molar refractivity (Wildman–Crippen MR) is 122 cm³/mol. The molecule has 2 aromatic carbocycles. The summed E-state index contributed by atoms with van der Waals surface area (Å²) in [6, 6.07) is 13.7. The monoisotopic (exact) mass is 448 g/mol. The third kappa shape index (κ3) is 4.90. The molecule has 0 radical (unpaired) electrons. The van der Waals surface area contributed by atoms with Crippen LogP contribution in [-0.2, 0) is 0 Å². The largest absolute Gasteiger partial charge is 0.490 e. The Hall–Kier alpha value is -4.07. The van der Waals surface area contributed by atoms with Gasteiger partial charge in [-0.05, 0) is 57.2 Å². The van der Waals surface area contributed by atoms with Crippen LogP contribution in [0.4, 0.5) is 0 Å². The Kier molecular flexibility index (Phi) is 6.73. The Labute approximate surface area is 191 Å². The van der Waals surface area contributed by atoms with Gasteiger partial charge in [0.1, 0.15) is 17.0 Å². The molecule has 33 heavy (non-hydrogen) atoms. The molecule has 2 aromatic heterocycles. The molecule has 0 N–H and O–H groups in total. The van der Waals surface area contributed by atoms with Gasteiger partial charge in [-0.15, -0.1) is 0 Å². The summed E-state index contributed by atoms with van der Waals surface area (Å²) in [6.07, 6.45) is 1.67. The molecular formula is C25H24N2O6. The predicted octanol–water partition coefficient (Wildman–Crippen LogP) is 5.31. The quantitative estimate of drug-likeness (QED) is 0.251. The fourth-order valence-electron chi connectivity index (χ4n) is 3.24. The van der Waals surface area contributed by atoms with Crippen LogP contribution in [-0.4, -0.2) is 35.8 Å². The second kappa shape index (κ2) is 10.0. The molecule has 0 spiro atoms. The molecule has 0 fully saturated rings. The Morgan fingerprint density at radius 1 is 0.909 bits per heavy atom. The van der Waals surface area contributed by atoms with Gasteiger partial charge in [0.05, 0.1) is 25.4 Å². The van der Waals surface area contributed by atoms with Crippen molar-refractivity contribution < 1.29 is 28.2 Å². The standard InChI is InChI=1S/C25H24N2O6/c1-4-29-21-13-16(14-22(30-5-2)23(21)31-6-3)25(28)32-17-10-11-18-20(15-17)33-24(27-18)19-9-7-8-12-26-19/h7-15H,4-6H2,1-3H3. The fourth-order valence-corrected chi connectivity index (χ4v) is 3.24. The first-order valence-corrected chi connectivity index (χ1v) is 10.7. The first kappa shape index (κ1) is 22.1. The van der Waals surface area contributed by atoms with E-state index in [1.165, 1.54) is 0 Å². The zero-order valence-electron chi connectivity index (χ0n) is 18.7. The van der Waals surface area contributed by atoms with E-state index in [9.17, 15) is 4.79 Å². The van der Waals surface area contributed by atoms with Crippen LogP contribution >= 0.6 is 0 Å². The van der Waals surface area contributed by atoms with Gasteiger partial charge in [-0.25, -0.2) is 9.78 Å². The molecule has 8 nitrogen and oxygen atoms in total. The summed E-state index contributed by atoms with van der Waals surface area (Å²) >= 11 is 0. The van der Waals surface area contributed by atoms with Crippen molar-refractivity contribution in [1.29, 1.82) is 0 Å². The second-order valence-electron chi connectivity index (χ2n) is 6.85. The molecule has 0 unspecified atom stereocenters. The zero-order chi connectivity index (χ0) is 23.2. The van der Waals surface area contributed by atoms with Crippen molar-refractivity contribution in [3.05, 3.63) is 60.3 Å². The van der Waals surface area contributed by atoms with Gasteiger partial charge in [0, 0.05) is 12.3 Å². The van der Waals surface area contributed by atoms with Gasteiger partial charge in [0.25, 0.3) is 0 Å². The minimum Gasteiger partial charge on any atom is -0.490 e. The number of hydrogen-bond acceptors (Lipinski definition) is 8. The molecule has 170 valence electrons. The van der Waals surface area contributed by atoms with Crippen molar-refractivity contribution in [1.82, 2.24) is 9.97 Å². The molecule has 0 saturated heterocycles. The van der Waals surface area contributed by atoms with Crippen molar-refractivity contribution in [3.63, 3.8) is 0 Å². The molecule has 0 saturated carbocycles. The van der Waals surface area contributed by atoms with Crippen molar-refractivity contribution in [2.24, 2.45) is 0 Å². The summed E-state index contributed by atoms with van der Waals surface area (Å²) in [5.74, 6) is 1.45. The average molecular weight is 448 g/mol. The summed E-state index contributed by atoms with van der Waals surface area (Å²) in [7, 11) is 0. The molecule has 0 bridgehead atoms. The zero-order valence-corrected chi connectivity index (χ0v) is 18.7. The number of benzene rings is 2. The lowest BCUT2D eigenvalue weighted by molar-refractivity contribution is 0.0733.